The summed E-state index contributed by atoms with van der Waals surface area (Å²) < 4.78 is 41.5. The van der Waals surface area contributed by atoms with Gasteiger partial charge in [0.2, 0.25) is 0 Å². The van der Waals surface area contributed by atoms with E-state index in [1.54, 1.807) is 36.4 Å². The molecule has 0 saturated carbocycles. The zero-order valence-electron chi connectivity index (χ0n) is 20.5. The molecule has 38 heavy (non-hydrogen) atoms. The van der Waals surface area contributed by atoms with Crippen LogP contribution < -0.4 is 5.32 Å². The Morgan fingerprint density at radius 2 is 1.53 bits per heavy atom. The third-order valence-electron chi connectivity index (χ3n) is 6.45. The van der Waals surface area contributed by atoms with E-state index in [1.807, 2.05) is 42.5 Å². The first-order valence-corrected chi connectivity index (χ1v) is 12.4. The molecule has 0 aliphatic carbocycles. The van der Waals surface area contributed by atoms with Crippen molar-refractivity contribution in [3.8, 4) is 11.1 Å². The Kier molecular flexibility index (Phi) is 7.22. The summed E-state index contributed by atoms with van der Waals surface area (Å²) in [5, 5.41) is 3.69. The van der Waals surface area contributed by atoms with Gasteiger partial charge in [0.15, 0.2) is 5.78 Å². The number of alkyl halides is 3. The number of ketones is 1. The van der Waals surface area contributed by atoms with Crippen LogP contribution in [0.4, 0.5) is 18.9 Å². The molecule has 0 atom stereocenters. The number of fused-ring (bicyclic) bond motifs is 1. The molecule has 0 bridgehead atoms. The van der Waals surface area contributed by atoms with Gasteiger partial charge in [-0.3, -0.25) is 9.78 Å². The molecule has 0 fully saturated rings. The maximum absolute atomic E-state index is 13.8. The lowest BCUT2D eigenvalue weighted by molar-refractivity contribution is -0.136. The fraction of sp³-hybridized carbons (Fsp3) is 0.125. The normalized spacial score (nSPS) is 11.4. The molecule has 0 saturated heterocycles. The predicted molar refractivity (Wildman–Crippen MR) is 145 cm³/mol. The number of carbonyl (C=O) groups excluding carboxylic acids is 1. The van der Waals surface area contributed by atoms with Gasteiger partial charge < -0.3 is 5.32 Å². The molecule has 1 aromatic heterocycles. The summed E-state index contributed by atoms with van der Waals surface area (Å²) in [6.07, 6.45) is -1.46. The Balaban J connectivity index is 1.54. The molecular weight excluding hydrogens is 485 g/mol. The lowest BCUT2D eigenvalue weighted by atomic mass is 9.91. The number of nitrogens with zero attached hydrogens (tertiary/aromatic N) is 1. The third kappa shape index (κ3) is 5.44. The zero-order chi connectivity index (χ0) is 26.5. The Hall–Kier alpha value is -4.45. The molecule has 4 aromatic carbocycles. The van der Waals surface area contributed by atoms with Crippen molar-refractivity contribution in [3.63, 3.8) is 0 Å². The van der Waals surface area contributed by atoms with Crippen molar-refractivity contribution < 1.29 is 18.0 Å². The zero-order valence-corrected chi connectivity index (χ0v) is 20.5. The summed E-state index contributed by atoms with van der Waals surface area (Å²) in [6, 6.07) is 30.3. The van der Waals surface area contributed by atoms with Gasteiger partial charge in [-0.05, 0) is 42.2 Å². The summed E-state index contributed by atoms with van der Waals surface area (Å²) >= 11 is 0. The second-order valence-corrected chi connectivity index (χ2v) is 9.04. The number of benzene rings is 4. The highest BCUT2D eigenvalue weighted by molar-refractivity contribution is 6.16. The number of pyridine rings is 1. The van der Waals surface area contributed by atoms with E-state index < -0.39 is 11.7 Å². The molecule has 0 aliphatic rings. The summed E-state index contributed by atoms with van der Waals surface area (Å²) in [4.78, 5) is 17.7. The van der Waals surface area contributed by atoms with Gasteiger partial charge in [-0.15, -0.1) is 0 Å². The molecule has 0 radical (unpaired) electrons. The summed E-state index contributed by atoms with van der Waals surface area (Å²) in [7, 11) is 0. The molecule has 6 heteroatoms. The molecule has 1 N–H and O–H groups in total. The van der Waals surface area contributed by atoms with Crippen molar-refractivity contribution in [1.29, 1.82) is 0 Å². The fourth-order valence-electron chi connectivity index (χ4n) is 4.63. The largest absolute Gasteiger partial charge is 0.418 e. The van der Waals surface area contributed by atoms with Gasteiger partial charge in [0.25, 0.3) is 0 Å². The van der Waals surface area contributed by atoms with Crippen molar-refractivity contribution in [2.45, 2.75) is 19.0 Å². The van der Waals surface area contributed by atoms with Crippen molar-refractivity contribution in [2.24, 2.45) is 0 Å². The van der Waals surface area contributed by atoms with Crippen LogP contribution in [0.25, 0.3) is 22.0 Å². The Morgan fingerprint density at radius 1 is 0.816 bits per heavy atom. The van der Waals surface area contributed by atoms with E-state index in [2.05, 4.69) is 22.4 Å². The van der Waals surface area contributed by atoms with Gasteiger partial charge in [0, 0.05) is 40.5 Å². The van der Waals surface area contributed by atoms with Crippen molar-refractivity contribution in [1.82, 2.24) is 4.98 Å². The second-order valence-electron chi connectivity index (χ2n) is 9.04. The van der Waals surface area contributed by atoms with E-state index in [9.17, 15) is 18.0 Å². The molecule has 0 unspecified atom stereocenters. The van der Waals surface area contributed by atoms with Gasteiger partial charge in [0.05, 0.1) is 11.1 Å². The van der Waals surface area contributed by atoms with Crippen molar-refractivity contribution >= 4 is 22.4 Å². The molecule has 0 amide bonds. The van der Waals surface area contributed by atoms with Crippen LogP contribution in [-0.4, -0.2) is 17.3 Å². The van der Waals surface area contributed by atoms with Crippen LogP contribution in [0.15, 0.2) is 109 Å². The molecule has 1 heterocycles. The number of hydrogen-bond donors (Lipinski definition) is 1. The first-order valence-electron chi connectivity index (χ1n) is 12.4. The number of nitrogens with one attached hydrogen (secondary N) is 1. The molecule has 0 aliphatic heterocycles. The van der Waals surface area contributed by atoms with E-state index in [1.165, 1.54) is 17.8 Å². The monoisotopic (exact) mass is 510 g/mol. The number of carbonyl (C=O) groups is 1. The van der Waals surface area contributed by atoms with Crippen LogP contribution in [0.3, 0.4) is 0 Å². The van der Waals surface area contributed by atoms with Gasteiger partial charge in [-0.25, -0.2) is 0 Å². The summed E-state index contributed by atoms with van der Waals surface area (Å²) in [5.41, 5.74) is 2.85. The molecule has 5 aromatic rings. The number of rotatable bonds is 8. The molecular formula is C32H25F3N2O. The molecule has 0 spiro atoms. The van der Waals surface area contributed by atoms with Crippen LogP contribution >= 0.6 is 0 Å². The number of halogens is 3. The first kappa shape index (κ1) is 25.2. The number of hydrogen-bond acceptors (Lipinski definition) is 3. The van der Waals surface area contributed by atoms with Gasteiger partial charge in [-0.1, -0.05) is 84.9 Å². The standard InChI is InChI=1S/C32H25F3N2O/c33-32(34,35)28-18-8-17-26-29(27(21-37-30(26)28)31(38)23-13-5-2-6-14-23)24-15-7-16-25(20-24)36-19-9-12-22-10-3-1-4-11-22/h1-8,10-11,13-18,20-21,36H,9,12,19H2. The van der Waals surface area contributed by atoms with Crippen molar-refractivity contribution in [2.75, 3.05) is 11.9 Å². The highest BCUT2D eigenvalue weighted by Crippen LogP contribution is 2.39. The minimum absolute atomic E-state index is 0.180. The smallest absolute Gasteiger partial charge is 0.385 e. The van der Waals surface area contributed by atoms with E-state index >= 15 is 0 Å². The highest BCUT2D eigenvalue weighted by Gasteiger charge is 2.34. The highest BCUT2D eigenvalue weighted by atomic mass is 19.4. The SMILES string of the molecule is O=C(c1ccccc1)c1cnc2c(C(F)(F)F)cccc2c1-c1cccc(NCCCc2ccccc2)c1. The molecule has 3 nitrogen and oxygen atoms in total. The van der Waals surface area contributed by atoms with E-state index in [-0.39, 0.29) is 22.2 Å². The molecule has 190 valence electrons. The van der Waals surface area contributed by atoms with Crippen LogP contribution in [0, 0.1) is 0 Å². The van der Waals surface area contributed by atoms with E-state index in [0.29, 0.717) is 16.7 Å². The lowest BCUT2D eigenvalue weighted by Gasteiger charge is -2.16. The topological polar surface area (TPSA) is 42.0 Å². The first-order chi connectivity index (χ1) is 18.4. The van der Waals surface area contributed by atoms with E-state index in [4.69, 9.17) is 0 Å². The van der Waals surface area contributed by atoms with Gasteiger partial charge in [-0.2, -0.15) is 13.2 Å². The maximum Gasteiger partial charge on any atom is 0.418 e. The number of aryl methyl sites for hydroxylation is 1. The van der Waals surface area contributed by atoms with E-state index in [0.717, 1.165) is 31.1 Å². The average Bonchev–Trinajstić information content (AvgIpc) is 2.94. The van der Waals surface area contributed by atoms with Crippen LogP contribution in [0.2, 0.25) is 0 Å². The summed E-state index contributed by atoms with van der Waals surface area (Å²) in [5.74, 6) is -0.298. The fourth-order valence-corrected chi connectivity index (χ4v) is 4.63. The predicted octanol–water partition coefficient (Wildman–Crippen LogP) is 8.20. The quantitative estimate of drug-likeness (QED) is 0.169. The Labute approximate surface area is 219 Å². The van der Waals surface area contributed by atoms with Gasteiger partial charge in [0.1, 0.15) is 0 Å². The number of para-hydroxylation sites is 1. The molecule has 5 rings (SSSR count). The number of anilines is 1. The Morgan fingerprint density at radius 3 is 2.26 bits per heavy atom. The minimum atomic E-state index is -4.57. The Bertz CT molecular complexity index is 1570. The maximum atomic E-state index is 13.8. The van der Waals surface area contributed by atoms with Crippen molar-refractivity contribution in [3.05, 3.63) is 132 Å². The van der Waals surface area contributed by atoms with Crippen LogP contribution in [-0.2, 0) is 12.6 Å². The van der Waals surface area contributed by atoms with Gasteiger partial charge >= 0.3 is 6.18 Å². The van der Waals surface area contributed by atoms with Crippen LogP contribution in [0.5, 0.6) is 0 Å². The number of aromatic nitrogens is 1. The average molecular weight is 511 g/mol. The third-order valence-corrected chi connectivity index (χ3v) is 6.45. The van der Waals surface area contributed by atoms with Crippen LogP contribution in [0.1, 0.15) is 33.5 Å². The minimum Gasteiger partial charge on any atom is -0.385 e. The second kappa shape index (κ2) is 10.9. The summed E-state index contributed by atoms with van der Waals surface area (Å²) in [6.45, 7) is 0.726. The lowest BCUT2D eigenvalue weighted by Crippen LogP contribution is -2.09.